The molecule has 2 N–H and O–H groups in total. The molecule has 2 fully saturated rings. The van der Waals surface area contributed by atoms with Gasteiger partial charge in [0.2, 0.25) is 17.7 Å². The molecule has 9 heteroatoms. The number of hydrogen-bond donors (Lipinski definition) is 2. The Kier molecular flexibility index (Phi) is 8.56. The number of amides is 3. The number of carboxylic acid groups (broad SMARTS) is 1. The van der Waals surface area contributed by atoms with Gasteiger partial charge in [-0.2, -0.15) is 0 Å². The lowest BCUT2D eigenvalue weighted by Gasteiger charge is -2.40. The van der Waals surface area contributed by atoms with Gasteiger partial charge in [0, 0.05) is 20.1 Å². The average Bonchev–Trinajstić information content (AvgIpc) is 3.13. The SMILES string of the molecule is CC(C)CN(C)C(=O)[C@H]1C[C@H]2CN(C(=O)CO)CC(=O)N2[C@H]1c1ccccc1.O=CO. The molecule has 170 valence electrons. The summed E-state index contributed by atoms with van der Waals surface area (Å²) >= 11 is 0. The van der Waals surface area contributed by atoms with Gasteiger partial charge in [-0.25, -0.2) is 0 Å². The Hall–Kier alpha value is -2.94. The maximum atomic E-state index is 13.3. The Bertz CT molecular complexity index is 785. The number of hydrogen-bond acceptors (Lipinski definition) is 5. The minimum Gasteiger partial charge on any atom is -0.483 e. The van der Waals surface area contributed by atoms with Gasteiger partial charge < -0.3 is 24.9 Å². The minimum absolute atomic E-state index is 0.0322. The van der Waals surface area contributed by atoms with E-state index in [9.17, 15) is 14.4 Å². The first-order valence-corrected chi connectivity index (χ1v) is 10.3. The fraction of sp³-hybridized carbons (Fsp3) is 0.545. The summed E-state index contributed by atoms with van der Waals surface area (Å²) in [5.41, 5.74) is 0.941. The summed E-state index contributed by atoms with van der Waals surface area (Å²) in [6.45, 7) is 4.23. The van der Waals surface area contributed by atoms with Crippen molar-refractivity contribution in [3.63, 3.8) is 0 Å². The monoisotopic (exact) mass is 433 g/mol. The molecular weight excluding hydrogens is 402 g/mol. The molecule has 3 atom stereocenters. The van der Waals surface area contributed by atoms with Crippen molar-refractivity contribution >= 4 is 24.2 Å². The summed E-state index contributed by atoms with van der Waals surface area (Å²) in [7, 11) is 1.81. The molecule has 1 aromatic carbocycles. The van der Waals surface area contributed by atoms with Crippen LogP contribution in [0.4, 0.5) is 0 Å². The van der Waals surface area contributed by atoms with Gasteiger partial charge in [-0.15, -0.1) is 0 Å². The molecule has 9 nitrogen and oxygen atoms in total. The summed E-state index contributed by atoms with van der Waals surface area (Å²) < 4.78 is 0. The predicted molar refractivity (Wildman–Crippen MR) is 113 cm³/mol. The number of carbonyl (C=O) groups excluding carboxylic acids is 3. The first kappa shape index (κ1) is 24.3. The second kappa shape index (κ2) is 10.9. The Balaban J connectivity index is 0.00000107. The van der Waals surface area contributed by atoms with E-state index in [0.717, 1.165) is 5.56 Å². The van der Waals surface area contributed by atoms with Gasteiger partial charge in [0.25, 0.3) is 6.47 Å². The number of benzene rings is 1. The van der Waals surface area contributed by atoms with Crippen LogP contribution in [-0.2, 0) is 19.2 Å². The second-order valence-corrected chi connectivity index (χ2v) is 8.30. The molecule has 3 amide bonds. The van der Waals surface area contributed by atoms with E-state index in [4.69, 9.17) is 15.0 Å². The lowest BCUT2D eigenvalue weighted by Crippen LogP contribution is -2.56. The molecule has 0 saturated carbocycles. The van der Waals surface area contributed by atoms with E-state index in [1.807, 2.05) is 37.4 Å². The summed E-state index contributed by atoms with van der Waals surface area (Å²) in [6, 6.07) is 9.10. The van der Waals surface area contributed by atoms with Gasteiger partial charge in [0.05, 0.1) is 24.5 Å². The van der Waals surface area contributed by atoms with Gasteiger partial charge in [-0.1, -0.05) is 44.2 Å². The van der Waals surface area contributed by atoms with E-state index in [0.29, 0.717) is 25.4 Å². The standard InChI is InChI=1S/C21H29N3O4.CH2O2/c1-14(2)10-22(3)21(28)17-9-16-11-23(19(27)13-25)12-18(26)24(16)20(17)15-7-5-4-6-8-15;2-1-3/h4-8,14,16-17,20,25H,9-13H2,1-3H3;1H,(H,2,3)/t16-,17-,20-;/m0./s1. The minimum atomic E-state index is -0.610. The molecule has 31 heavy (non-hydrogen) atoms. The van der Waals surface area contributed by atoms with Crippen LogP contribution in [0.2, 0.25) is 0 Å². The number of aliphatic hydroxyl groups is 1. The number of rotatable bonds is 5. The molecule has 2 aliphatic heterocycles. The fourth-order valence-corrected chi connectivity index (χ4v) is 4.53. The van der Waals surface area contributed by atoms with Crippen LogP contribution in [-0.4, -0.2) is 88.4 Å². The Morgan fingerprint density at radius 2 is 1.87 bits per heavy atom. The van der Waals surface area contributed by atoms with Crippen LogP contribution < -0.4 is 0 Å². The second-order valence-electron chi connectivity index (χ2n) is 8.30. The fourth-order valence-electron chi connectivity index (χ4n) is 4.53. The van der Waals surface area contributed by atoms with Crippen molar-refractivity contribution in [3.05, 3.63) is 35.9 Å². The third-order valence-electron chi connectivity index (χ3n) is 5.61. The Morgan fingerprint density at radius 1 is 1.26 bits per heavy atom. The lowest BCUT2D eigenvalue weighted by atomic mass is 9.91. The van der Waals surface area contributed by atoms with Crippen LogP contribution in [0.15, 0.2) is 30.3 Å². The van der Waals surface area contributed by atoms with Crippen molar-refractivity contribution in [3.8, 4) is 0 Å². The lowest BCUT2D eigenvalue weighted by molar-refractivity contribution is -0.150. The largest absolute Gasteiger partial charge is 0.483 e. The van der Waals surface area contributed by atoms with E-state index < -0.39 is 12.5 Å². The van der Waals surface area contributed by atoms with Crippen LogP contribution in [0.3, 0.4) is 0 Å². The zero-order chi connectivity index (χ0) is 23.1. The van der Waals surface area contributed by atoms with Gasteiger partial charge in [0.15, 0.2) is 0 Å². The highest BCUT2D eigenvalue weighted by molar-refractivity contribution is 5.89. The summed E-state index contributed by atoms with van der Waals surface area (Å²) in [4.78, 5) is 51.4. The normalized spacial score (nSPS) is 22.5. The summed E-state index contributed by atoms with van der Waals surface area (Å²) in [5, 5.41) is 16.1. The number of nitrogens with zero attached hydrogens (tertiary/aromatic N) is 3. The van der Waals surface area contributed by atoms with Gasteiger partial charge >= 0.3 is 0 Å². The van der Waals surface area contributed by atoms with Crippen LogP contribution in [0.1, 0.15) is 31.9 Å². The zero-order valence-electron chi connectivity index (χ0n) is 18.2. The Labute approximate surface area is 182 Å². The van der Waals surface area contributed by atoms with E-state index in [2.05, 4.69) is 13.8 Å². The van der Waals surface area contributed by atoms with Gasteiger partial charge in [0.1, 0.15) is 6.61 Å². The highest BCUT2D eigenvalue weighted by atomic mass is 16.3. The van der Waals surface area contributed by atoms with Crippen LogP contribution >= 0.6 is 0 Å². The topological polar surface area (TPSA) is 118 Å². The molecule has 2 saturated heterocycles. The Morgan fingerprint density at radius 3 is 2.42 bits per heavy atom. The van der Waals surface area contributed by atoms with E-state index in [-0.39, 0.29) is 42.8 Å². The van der Waals surface area contributed by atoms with Crippen molar-refractivity contribution in [1.82, 2.24) is 14.7 Å². The number of aliphatic hydroxyl groups excluding tert-OH is 1. The predicted octanol–water partition coefficient (Wildman–Crippen LogP) is 0.595. The third-order valence-corrected chi connectivity index (χ3v) is 5.61. The molecule has 2 aliphatic rings. The molecule has 0 bridgehead atoms. The van der Waals surface area contributed by atoms with E-state index in [1.165, 1.54) is 4.90 Å². The summed E-state index contributed by atoms with van der Waals surface area (Å²) in [6.07, 6.45) is 0.516. The van der Waals surface area contributed by atoms with Crippen molar-refractivity contribution in [2.24, 2.45) is 11.8 Å². The first-order valence-electron chi connectivity index (χ1n) is 10.3. The molecule has 2 heterocycles. The van der Waals surface area contributed by atoms with Crippen molar-refractivity contribution in [1.29, 1.82) is 0 Å². The van der Waals surface area contributed by atoms with E-state index in [1.54, 1.807) is 9.80 Å². The molecule has 3 rings (SSSR count). The summed E-state index contributed by atoms with van der Waals surface area (Å²) in [5.74, 6) is -0.578. The average molecular weight is 434 g/mol. The molecule has 0 unspecified atom stereocenters. The maximum Gasteiger partial charge on any atom is 0.290 e. The third kappa shape index (κ3) is 5.61. The maximum absolute atomic E-state index is 13.3. The highest BCUT2D eigenvalue weighted by Crippen LogP contribution is 2.43. The van der Waals surface area contributed by atoms with Gasteiger partial charge in [-0.3, -0.25) is 19.2 Å². The smallest absolute Gasteiger partial charge is 0.290 e. The first-order chi connectivity index (χ1) is 14.7. The number of fused-ring (bicyclic) bond motifs is 1. The quantitative estimate of drug-likeness (QED) is 0.657. The van der Waals surface area contributed by atoms with Crippen LogP contribution in [0, 0.1) is 11.8 Å². The van der Waals surface area contributed by atoms with E-state index >= 15 is 0 Å². The molecule has 0 aliphatic carbocycles. The number of piperazine rings is 1. The molecule has 0 spiro atoms. The van der Waals surface area contributed by atoms with Crippen molar-refractivity contribution in [2.45, 2.75) is 32.4 Å². The molecular formula is C22H31N3O6. The van der Waals surface area contributed by atoms with Crippen molar-refractivity contribution in [2.75, 3.05) is 33.3 Å². The van der Waals surface area contributed by atoms with Gasteiger partial charge in [-0.05, 0) is 17.9 Å². The molecule has 0 aromatic heterocycles. The van der Waals surface area contributed by atoms with Crippen molar-refractivity contribution < 1.29 is 29.4 Å². The number of carbonyl (C=O) groups is 4. The molecule has 0 radical (unpaired) electrons. The zero-order valence-corrected chi connectivity index (χ0v) is 18.2. The molecule has 1 aromatic rings. The highest BCUT2D eigenvalue weighted by Gasteiger charge is 2.51. The van der Waals surface area contributed by atoms with Crippen LogP contribution in [0.5, 0.6) is 0 Å². The van der Waals surface area contributed by atoms with Crippen LogP contribution in [0.25, 0.3) is 0 Å².